The summed E-state index contributed by atoms with van der Waals surface area (Å²) in [6, 6.07) is 7.02. The van der Waals surface area contributed by atoms with Crippen molar-refractivity contribution < 1.29 is 14.3 Å². The zero-order valence-corrected chi connectivity index (χ0v) is 14.3. The number of hydrogen-bond donors (Lipinski definition) is 1. The summed E-state index contributed by atoms with van der Waals surface area (Å²) in [7, 11) is 0. The summed E-state index contributed by atoms with van der Waals surface area (Å²) in [6.45, 7) is 7.56. The number of allylic oxidation sites excluding steroid dienone is 1. The Labute approximate surface area is 133 Å². The lowest BCUT2D eigenvalue weighted by atomic mass is 10.0. The minimum Gasteiger partial charge on any atom is -0.463 e. The summed E-state index contributed by atoms with van der Waals surface area (Å²) in [5, 5.41) is 2.76. The summed E-state index contributed by atoms with van der Waals surface area (Å²) in [5.41, 5.74) is 1.54. The molecule has 1 aromatic carbocycles. The van der Waals surface area contributed by atoms with Gasteiger partial charge in [-0.25, -0.2) is 4.79 Å². The van der Waals surface area contributed by atoms with Crippen molar-refractivity contribution in [2.75, 3.05) is 6.61 Å². The van der Waals surface area contributed by atoms with Gasteiger partial charge in [0, 0.05) is 15.7 Å². The molecule has 0 unspecified atom stereocenters. The highest BCUT2D eigenvalue weighted by Crippen LogP contribution is 2.16. The van der Waals surface area contributed by atoms with Crippen molar-refractivity contribution in [3.63, 3.8) is 0 Å². The number of ether oxygens (including phenoxy) is 1. The number of hydrogen-bond acceptors (Lipinski definition) is 3. The highest BCUT2D eigenvalue weighted by molar-refractivity contribution is 9.10. The van der Waals surface area contributed by atoms with Crippen molar-refractivity contribution in [2.24, 2.45) is 5.92 Å². The molecule has 0 aromatic heterocycles. The number of benzene rings is 1. The van der Waals surface area contributed by atoms with E-state index in [1.807, 2.05) is 13.8 Å². The molecule has 0 spiro atoms. The molecule has 0 aliphatic rings. The SMILES string of the molecule is CCOC(=O)/C(=C(/C)NC(=O)c1ccc(Br)cc1)C(C)C. The topological polar surface area (TPSA) is 55.4 Å². The molecule has 1 amide bonds. The van der Waals surface area contributed by atoms with Crippen LogP contribution < -0.4 is 5.32 Å². The fourth-order valence-corrected chi connectivity index (χ4v) is 2.21. The molecule has 0 saturated heterocycles. The molecule has 0 fully saturated rings. The molecule has 0 atom stereocenters. The number of carbonyl (C=O) groups excluding carboxylic acids is 2. The Hall–Kier alpha value is -1.62. The maximum Gasteiger partial charge on any atom is 0.336 e. The molecule has 0 bridgehead atoms. The van der Waals surface area contributed by atoms with Crippen molar-refractivity contribution in [3.05, 3.63) is 45.6 Å². The molecular weight excluding hydrogens is 334 g/mol. The molecule has 0 aliphatic heterocycles. The molecule has 0 radical (unpaired) electrons. The van der Waals surface area contributed by atoms with E-state index in [-0.39, 0.29) is 17.8 Å². The van der Waals surface area contributed by atoms with E-state index >= 15 is 0 Å². The van der Waals surface area contributed by atoms with E-state index in [4.69, 9.17) is 4.74 Å². The molecule has 0 saturated carbocycles. The highest BCUT2D eigenvalue weighted by atomic mass is 79.9. The van der Waals surface area contributed by atoms with Crippen LogP contribution in [0.15, 0.2) is 40.0 Å². The van der Waals surface area contributed by atoms with Crippen molar-refractivity contribution in [2.45, 2.75) is 27.7 Å². The molecule has 0 heterocycles. The van der Waals surface area contributed by atoms with Crippen LogP contribution in [0.1, 0.15) is 38.1 Å². The fourth-order valence-electron chi connectivity index (χ4n) is 1.94. The van der Waals surface area contributed by atoms with Gasteiger partial charge in [-0.1, -0.05) is 29.8 Å². The van der Waals surface area contributed by atoms with Crippen molar-refractivity contribution in [1.82, 2.24) is 5.32 Å². The molecule has 1 aromatic rings. The van der Waals surface area contributed by atoms with Crippen LogP contribution in [0.25, 0.3) is 0 Å². The third-order valence-electron chi connectivity index (χ3n) is 2.88. The Morgan fingerprint density at radius 1 is 1.24 bits per heavy atom. The molecule has 4 nitrogen and oxygen atoms in total. The Balaban J connectivity index is 2.96. The first-order valence-corrected chi connectivity index (χ1v) is 7.60. The Morgan fingerprint density at radius 2 is 1.81 bits per heavy atom. The Morgan fingerprint density at radius 3 is 2.29 bits per heavy atom. The number of rotatable bonds is 5. The normalized spacial score (nSPS) is 11.9. The molecule has 1 rings (SSSR count). The predicted octanol–water partition coefficient (Wildman–Crippen LogP) is 3.67. The van der Waals surface area contributed by atoms with Gasteiger partial charge < -0.3 is 10.1 Å². The van der Waals surface area contributed by atoms with Gasteiger partial charge >= 0.3 is 5.97 Å². The van der Waals surface area contributed by atoms with Crippen LogP contribution in [0.3, 0.4) is 0 Å². The van der Waals surface area contributed by atoms with Crippen LogP contribution in [-0.2, 0) is 9.53 Å². The quantitative estimate of drug-likeness (QED) is 0.648. The zero-order valence-electron chi connectivity index (χ0n) is 12.7. The zero-order chi connectivity index (χ0) is 16.0. The average molecular weight is 354 g/mol. The number of amides is 1. The first kappa shape index (κ1) is 17.4. The number of esters is 1. The van der Waals surface area contributed by atoms with Gasteiger partial charge in [-0.15, -0.1) is 0 Å². The monoisotopic (exact) mass is 353 g/mol. The first-order chi connectivity index (χ1) is 9.86. The lowest BCUT2D eigenvalue weighted by molar-refractivity contribution is -0.139. The summed E-state index contributed by atoms with van der Waals surface area (Å²) in [4.78, 5) is 24.1. The average Bonchev–Trinajstić information content (AvgIpc) is 2.39. The van der Waals surface area contributed by atoms with Crippen LogP contribution in [-0.4, -0.2) is 18.5 Å². The molecule has 0 aliphatic carbocycles. The van der Waals surface area contributed by atoms with E-state index in [0.717, 1.165) is 4.47 Å². The van der Waals surface area contributed by atoms with Crippen molar-refractivity contribution in [1.29, 1.82) is 0 Å². The van der Waals surface area contributed by atoms with Gasteiger partial charge in [0.2, 0.25) is 0 Å². The summed E-state index contributed by atoms with van der Waals surface area (Å²) in [5.74, 6) is -0.669. The van der Waals surface area contributed by atoms with Crippen LogP contribution in [0, 0.1) is 5.92 Å². The van der Waals surface area contributed by atoms with Gasteiger partial charge in [-0.05, 0) is 44.0 Å². The van der Waals surface area contributed by atoms with Crippen LogP contribution in [0.5, 0.6) is 0 Å². The second-order valence-corrected chi connectivity index (χ2v) is 5.79. The second kappa shape index (κ2) is 7.98. The molecule has 1 N–H and O–H groups in total. The minimum atomic E-state index is -0.388. The third-order valence-corrected chi connectivity index (χ3v) is 3.41. The lowest BCUT2D eigenvalue weighted by Crippen LogP contribution is -2.26. The maximum atomic E-state index is 12.2. The van der Waals surface area contributed by atoms with Gasteiger partial charge in [0.1, 0.15) is 0 Å². The standard InChI is InChI=1S/C16H20BrNO3/c1-5-21-16(20)14(10(2)3)11(4)18-15(19)12-6-8-13(17)9-7-12/h6-10H,5H2,1-4H3,(H,18,19)/b14-11-. The highest BCUT2D eigenvalue weighted by Gasteiger charge is 2.19. The van der Waals surface area contributed by atoms with Crippen molar-refractivity contribution >= 4 is 27.8 Å². The summed E-state index contributed by atoms with van der Waals surface area (Å²) < 4.78 is 5.94. The summed E-state index contributed by atoms with van der Waals surface area (Å²) >= 11 is 3.32. The van der Waals surface area contributed by atoms with E-state index in [1.54, 1.807) is 38.1 Å². The van der Waals surface area contributed by atoms with Gasteiger partial charge in [0.15, 0.2) is 0 Å². The predicted molar refractivity (Wildman–Crippen MR) is 85.8 cm³/mol. The molecule has 5 heteroatoms. The number of nitrogens with one attached hydrogen (secondary N) is 1. The van der Waals surface area contributed by atoms with Crippen LogP contribution >= 0.6 is 15.9 Å². The van der Waals surface area contributed by atoms with Gasteiger partial charge in [0.05, 0.1) is 12.2 Å². The van der Waals surface area contributed by atoms with Crippen molar-refractivity contribution in [3.8, 4) is 0 Å². The summed E-state index contributed by atoms with van der Waals surface area (Å²) in [6.07, 6.45) is 0. The number of carbonyl (C=O) groups is 2. The Bertz CT molecular complexity index is 547. The van der Waals surface area contributed by atoms with Crippen LogP contribution in [0.2, 0.25) is 0 Å². The number of halogens is 1. The minimum absolute atomic E-state index is 0.0331. The van der Waals surface area contributed by atoms with Gasteiger partial charge in [-0.2, -0.15) is 0 Å². The van der Waals surface area contributed by atoms with E-state index < -0.39 is 0 Å². The van der Waals surface area contributed by atoms with E-state index in [9.17, 15) is 9.59 Å². The molecule has 114 valence electrons. The lowest BCUT2D eigenvalue weighted by Gasteiger charge is -2.15. The maximum absolute atomic E-state index is 12.2. The van der Waals surface area contributed by atoms with Gasteiger partial charge in [-0.3, -0.25) is 4.79 Å². The van der Waals surface area contributed by atoms with Gasteiger partial charge in [0.25, 0.3) is 5.91 Å². The van der Waals surface area contributed by atoms with E-state index in [2.05, 4.69) is 21.2 Å². The molecular formula is C16H20BrNO3. The first-order valence-electron chi connectivity index (χ1n) is 6.81. The second-order valence-electron chi connectivity index (χ2n) is 4.87. The smallest absolute Gasteiger partial charge is 0.336 e. The van der Waals surface area contributed by atoms with Crippen LogP contribution in [0.4, 0.5) is 0 Å². The third kappa shape index (κ3) is 5.01. The molecule has 21 heavy (non-hydrogen) atoms. The van der Waals surface area contributed by atoms with E-state index in [1.165, 1.54) is 0 Å². The Kier molecular flexibility index (Phi) is 6.62. The van der Waals surface area contributed by atoms with E-state index in [0.29, 0.717) is 23.4 Å². The largest absolute Gasteiger partial charge is 0.463 e. The fraction of sp³-hybridized carbons (Fsp3) is 0.375.